The summed E-state index contributed by atoms with van der Waals surface area (Å²) in [7, 11) is -4.25. The second-order valence-electron chi connectivity index (χ2n) is 2.84. The van der Waals surface area contributed by atoms with Crippen molar-refractivity contribution in [3.63, 3.8) is 0 Å². The third-order valence-electron chi connectivity index (χ3n) is 1.68. The van der Waals surface area contributed by atoms with Gasteiger partial charge < -0.3 is 0 Å². The Hall–Kier alpha value is -0.940. The normalized spacial score (nSPS) is 11.7. The van der Waals surface area contributed by atoms with Crippen LogP contribution in [0.4, 0.5) is 4.39 Å². The van der Waals surface area contributed by atoms with Crippen LogP contribution in [0.5, 0.6) is 0 Å². The summed E-state index contributed by atoms with van der Waals surface area (Å²) >= 11 is 0. The maximum Gasteiger partial charge on any atom is 0.295 e. The minimum Gasteiger partial charge on any atom is -0.282 e. The first-order chi connectivity index (χ1) is 5.82. The van der Waals surface area contributed by atoms with E-state index >= 15 is 0 Å². The van der Waals surface area contributed by atoms with E-state index in [0.717, 1.165) is 12.1 Å². The number of hydrogen-bond donors (Lipinski definition) is 1. The summed E-state index contributed by atoms with van der Waals surface area (Å²) in [6.07, 6.45) is 0. The predicted molar refractivity (Wildman–Crippen MR) is 45.7 cm³/mol. The first-order valence-electron chi connectivity index (χ1n) is 3.56. The zero-order valence-corrected chi connectivity index (χ0v) is 8.02. The third kappa shape index (κ3) is 2.05. The topological polar surface area (TPSA) is 54.4 Å². The molecule has 1 N–H and O–H groups in total. The van der Waals surface area contributed by atoms with Crippen LogP contribution in [0.15, 0.2) is 17.0 Å². The number of hydrogen-bond acceptors (Lipinski definition) is 2. The van der Waals surface area contributed by atoms with Crippen molar-refractivity contribution in [2.45, 2.75) is 18.7 Å². The van der Waals surface area contributed by atoms with Crippen molar-refractivity contribution in [3.05, 3.63) is 29.1 Å². The standard InChI is InChI=1S/C8H9FO3S/c1-5-3-7(9)4-6(2)8(5)13(10,11)12/h3-4H,1-2H3,(H,10,11,12). The van der Waals surface area contributed by atoms with Crippen molar-refractivity contribution in [1.29, 1.82) is 0 Å². The third-order valence-corrected chi connectivity index (χ3v) is 2.84. The van der Waals surface area contributed by atoms with Gasteiger partial charge in [0.25, 0.3) is 10.1 Å². The summed E-state index contributed by atoms with van der Waals surface area (Å²) in [4.78, 5) is -0.214. The van der Waals surface area contributed by atoms with Crippen molar-refractivity contribution in [2.24, 2.45) is 0 Å². The quantitative estimate of drug-likeness (QED) is 0.708. The Labute approximate surface area is 76.0 Å². The molecule has 0 amide bonds. The molecule has 0 fully saturated rings. The Bertz CT molecular complexity index is 414. The maximum atomic E-state index is 12.7. The molecule has 13 heavy (non-hydrogen) atoms. The average Bonchev–Trinajstić information content (AvgIpc) is 1.78. The van der Waals surface area contributed by atoms with Crippen LogP contribution in [0.1, 0.15) is 11.1 Å². The fourth-order valence-electron chi connectivity index (χ4n) is 1.30. The summed E-state index contributed by atoms with van der Waals surface area (Å²) in [6.45, 7) is 2.86. The molecule has 0 saturated heterocycles. The van der Waals surface area contributed by atoms with E-state index in [-0.39, 0.29) is 16.0 Å². The smallest absolute Gasteiger partial charge is 0.282 e. The van der Waals surface area contributed by atoms with Crippen LogP contribution in [-0.2, 0) is 10.1 Å². The van der Waals surface area contributed by atoms with Gasteiger partial charge in [-0.1, -0.05) is 0 Å². The molecule has 0 aliphatic carbocycles. The van der Waals surface area contributed by atoms with Crippen molar-refractivity contribution < 1.29 is 17.4 Å². The number of benzene rings is 1. The van der Waals surface area contributed by atoms with Crippen LogP contribution < -0.4 is 0 Å². The summed E-state index contributed by atoms with van der Waals surface area (Å²) < 4.78 is 43.1. The molecule has 3 nitrogen and oxygen atoms in total. The Morgan fingerprint density at radius 1 is 1.23 bits per heavy atom. The molecule has 72 valence electrons. The van der Waals surface area contributed by atoms with Gasteiger partial charge in [0.2, 0.25) is 0 Å². The van der Waals surface area contributed by atoms with Crippen LogP contribution in [0.25, 0.3) is 0 Å². The van der Waals surface area contributed by atoms with Gasteiger partial charge in [0, 0.05) is 0 Å². The second kappa shape index (κ2) is 3.08. The van der Waals surface area contributed by atoms with Crippen molar-refractivity contribution in [1.82, 2.24) is 0 Å². The molecule has 0 atom stereocenters. The lowest BCUT2D eigenvalue weighted by molar-refractivity contribution is 0.481. The summed E-state index contributed by atoms with van der Waals surface area (Å²) in [5, 5.41) is 0. The lowest BCUT2D eigenvalue weighted by Gasteiger charge is -2.05. The monoisotopic (exact) mass is 204 g/mol. The fraction of sp³-hybridized carbons (Fsp3) is 0.250. The predicted octanol–water partition coefficient (Wildman–Crippen LogP) is 1.69. The zero-order valence-electron chi connectivity index (χ0n) is 7.20. The molecule has 0 aliphatic heterocycles. The van der Waals surface area contributed by atoms with Gasteiger partial charge in [-0.3, -0.25) is 4.55 Å². The van der Waals surface area contributed by atoms with E-state index in [9.17, 15) is 12.8 Å². The summed E-state index contributed by atoms with van der Waals surface area (Å²) in [5.74, 6) is -0.512. The summed E-state index contributed by atoms with van der Waals surface area (Å²) in [6, 6.07) is 2.13. The highest BCUT2D eigenvalue weighted by Crippen LogP contribution is 2.20. The van der Waals surface area contributed by atoms with E-state index in [0.29, 0.717) is 0 Å². The van der Waals surface area contributed by atoms with Gasteiger partial charge in [0.15, 0.2) is 0 Å². The molecule has 5 heteroatoms. The van der Waals surface area contributed by atoms with Gasteiger partial charge in [-0.2, -0.15) is 8.42 Å². The van der Waals surface area contributed by atoms with Crippen LogP contribution in [0.3, 0.4) is 0 Å². The van der Waals surface area contributed by atoms with Gasteiger partial charge in [-0.25, -0.2) is 4.39 Å². The summed E-state index contributed by atoms with van der Waals surface area (Å²) in [5.41, 5.74) is 0.417. The molecule has 0 aromatic heterocycles. The largest absolute Gasteiger partial charge is 0.295 e. The van der Waals surface area contributed by atoms with Crippen LogP contribution in [0, 0.1) is 19.7 Å². The molecule has 0 spiro atoms. The highest BCUT2D eigenvalue weighted by molar-refractivity contribution is 7.86. The van der Waals surface area contributed by atoms with E-state index < -0.39 is 15.9 Å². The van der Waals surface area contributed by atoms with Gasteiger partial charge in [0.05, 0.1) is 4.90 Å². The van der Waals surface area contributed by atoms with E-state index in [1.54, 1.807) is 0 Å². The van der Waals surface area contributed by atoms with Gasteiger partial charge >= 0.3 is 0 Å². The Kier molecular flexibility index (Phi) is 2.40. The Morgan fingerprint density at radius 3 is 1.92 bits per heavy atom. The molecule has 0 heterocycles. The molecule has 0 aliphatic rings. The molecule has 1 aromatic carbocycles. The van der Waals surface area contributed by atoms with Gasteiger partial charge in [-0.05, 0) is 37.1 Å². The first-order valence-corrected chi connectivity index (χ1v) is 5.00. The second-order valence-corrected chi connectivity index (χ2v) is 4.20. The average molecular weight is 204 g/mol. The molecule has 1 aromatic rings. The lowest BCUT2D eigenvalue weighted by atomic mass is 10.1. The highest BCUT2D eigenvalue weighted by atomic mass is 32.2. The van der Waals surface area contributed by atoms with E-state index in [2.05, 4.69) is 0 Å². The maximum absolute atomic E-state index is 12.7. The van der Waals surface area contributed by atoms with E-state index in [4.69, 9.17) is 4.55 Å². The number of aryl methyl sites for hydroxylation is 2. The molecule has 0 bridgehead atoms. The molecule has 0 radical (unpaired) electrons. The number of rotatable bonds is 1. The molecule has 1 rings (SSSR count). The van der Waals surface area contributed by atoms with Gasteiger partial charge in [0.1, 0.15) is 5.82 Å². The van der Waals surface area contributed by atoms with Crippen molar-refractivity contribution >= 4 is 10.1 Å². The molecular weight excluding hydrogens is 195 g/mol. The van der Waals surface area contributed by atoms with Crippen LogP contribution >= 0.6 is 0 Å². The van der Waals surface area contributed by atoms with Gasteiger partial charge in [-0.15, -0.1) is 0 Å². The molecule has 0 saturated carbocycles. The number of halogens is 1. The van der Waals surface area contributed by atoms with Crippen molar-refractivity contribution in [3.8, 4) is 0 Å². The first kappa shape index (κ1) is 10.1. The SMILES string of the molecule is Cc1cc(F)cc(C)c1S(=O)(=O)O. The van der Waals surface area contributed by atoms with Crippen LogP contribution in [-0.4, -0.2) is 13.0 Å². The minimum atomic E-state index is -4.25. The molecular formula is C8H9FO3S. The van der Waals surface area contributed by atoms with E-state index in [1.807, 2.05) is 0 Å². The van der Waals surface area contributed by atoms with Crippen molar-refractivity contribution in [2.75, 3.05) is 0 Å². The highest BCUT2D eigenvalue weighted by Gasteiger charge is 2.16. The Balaban J connectivity index is 3.57. The lowest BCUT2D eigenvalue weighted by Crippen LogP contribution is -2.04. The zero-order chi connectivity index (χ0) is 10.2. The molecule has 0 unspecified atom stereocenters. The minimum absolute atomic E-state index is 0.208. The Morgan fingerprint density at radius 2 is 1.62 bits per heavy atom. The fourth-order valence-corrected chi connectivity index (χ4v) is 2.24. The van der Waals surface area contributed by atoms with E-state index in [1.165, 1.54) is 13.8 Å². The van der Waals surface area contributed by atoms with Crippen LogP contribution in [0.2, 0.25) is 0 Å².